The summed E-state index contributed by atoms with van der Waals surface area (Å²) in [4.78, 5) is 0. The molecular formula is C20H21N5O2S. The van der Waals surface area contributed by atoms with Crippen LogP contribution in [0.25, 0.3) is 17.1 Å². The van der Waals surface area contributed by atoms with Gasteiger partial charge in [-0.25, -0.2) is 4.68 Å². The number of aromatic nitrogens is 2. The lowest BCUT2D eigenvalue weighted by atomic mass is 10.2. The Morgan fingerprint density at radius 2 is 2.18 bits per heavy atom. The van der Waals surface area contributed by atoms with Gasteiger partial charge in [0.25, 0.3) is 0 Å². The summed E-state index contributed by atoms with van der Waals surface area (Å²) in [5, 5.41) is 12.5. The van der Waals surface area contributed by atoms with Gasteiger partial charge < -0.3 is 14.5 Å². The highest BCUT2D eigenvalue weighted by Crippen LogP contribution is 2.23. The third kappa shape index (κ3) is 4.47. The minimum atomic E-state index is 0.221. The predicted molar refractivity (Wildman–Crippen MR) is 112 cm³/mol. The Morgan fingerprint density at radius 3 is 2.93 bits per heavy atom. The summed E-state index contributed by atoms with van der Waals surface area (Å²) >= 11 is 5.27. The number of ether oxygens (including phenoxy) is 1. The SMILES string of the molecule is S=C(NC[C@H]1CCCO1)N/N=C\c1cn(-c2ccccc2)nc1-c1ccco1. The maximum absolute atomic E-state index is 5.57. The molecule has 1 atom stereocenters. The van der Waals surface area contributed by atoms with Gasteiger partial charge in [0, 0.05) is 24.9 Å². The van der Waals surface area contributed by atoms with E-state index in [1.165, 1.54) is 0 Å². The quantitative estimate of drug-likeness (QED) is 0.379. The van der Waals surface area contributed by atoms with Crippen molar-refractivity contribution in [1.82, 2.24) is 20.5 Å². The molecule has 7 nitrogen and oxygen atoms in total. The fourth-order valence-corrected chi connectivity index (χ4v) is 3.15. The highest BCUT2D eigenvalue weighted by molar-refractivity contribution is 7.80. The Balaban J connectivity index is 1.46. The predicted octanol–water partition coefficient (Wildman–Crippen LogP) is 3.11. The average molecular weight is 395 g/mol. The summed E-state index contributed by atoms with van der Waals surface area (Å²) in [5.74, 6) is 0.676. The first kappa shape index (κ1) is 18.4. The summed E-state index contributed by atoms with van der Waals surface area (Å²) < 4.78 is 12.9. The van der Waals surface area contributed by atoms with Crippen molar-refractivity contribution < 1.29 is 9.15 Å². The zero-order chi connectivity index (χ0) is 19.2. The van der Waals surface area contributed by atoms with Crippen molar-refractivity contribution in [3.8, 4) is 17.1 Å². The number of benzene rings is 1. The first-order valence-corrected chi connectivity index (χ1v) is 9.58. The van der Waals surface area contributed by atoms with Crippen LogP contribution in [0.5, 0.6) is 0 Å². The maximum Gasteiger partial charge on any atom is 0.187 e. The number of nitrogens with zero attached hydrogens (tertiary/aromatic N) is 3. The zero-order valence-electron chi connectivity index (χ0n) is 15.2. The second-order valence-electron chi connectivity index (χ2n) is 6.41. The molecule has 1 saturated heterocycles. The molecule has 0 saturated carbocycles. The normalized spacial score (nSPS) is 16.5. The topological polar surface area (TPSA) is 76.6 Å². The van der Waals surface area contributed by atoms with Crippen LogP contribution in [0, 0.1) is 0 Å². The van der Waals surface area contributed by atoms with E-state index in [1.54, 1.807) is 17.2 Å². The van der Waals surface area contributed by atoms with E-state index in [2.05, 4.69) is 20.9 Å². The number of hydrazone groups is 1. The largest absolute Gasteiger partial charge is 0.463 e. The molecule has 1 aliphatic heterocycles. The van der Waals surface area contributed by atoms with E-state index in [0.29, 0.717) is 23.1 Å². The summed E-state index contributed by atoms with van der Waals surface area (Å²) in [6.07, 6.45) is 7.60. The number of furan rings is 1. The van der Waals surface area contributed by atoms with Crippen LogP contribution in [0.2, 0.25) is 0 Å². The number of thiocarbonyl (C=S) groups is 1. The Bertz CT molecular complexity index is 931. The van der Waals surface area contributed by atoms with Crippen LogP contribution >= 0.6 is 12.2 Å². The third-order valence-corrected chi connectivity index (χ3v) is 4.64. The molecule has 0 aliphatic carbocycles. The van der Waals surface area contributed by atoms with Crippen LogP contribution in [0.4, 0.5) is 0 Å². The van der Waals surface area contributed by atoms with Crippen LogP contribution < -0.4 is 10.7 Å². The van der Waals surface area contributed by atoms with Crippen molar-refractivity contribution in [2.75, 3.05) is 13.2 Å². The summed E-state index contributed by atoms with van der Waals surface area (Å²) in [6.45, 7) is 1.51. The monoisotopic (exact) mass is 395 g/mol. The van der Waals surface area contributed by atoms with Crippen molar-refractivity contribution in [1.29, 1.82) is 0 Å². The first-order chi connectivity index (χ1) is 13.8. The molecule has 0 amide bonds. The molecule has 0 radical (unpaired) electrons. The van der Waals surface area contributed by atoms with E-state index in [4.69, 9.17) is 21.4 Å². The molecule has 1 aromatic carbocycles. The van der Waals surface area contributed by atoms with Crippen LogP contribution in [0.1, 0.15) is 18.4 Å². The third-order valence-electron chi connectivity index (χ3n) is 4.40. The Hall–Kier alpha value is -2.97. The molecule has 8 heteroatoms. The summed E-state index contributed by atoms with van der Waals surface area (Å²) in [6, 6.07) is 13.6. The smallest absolute Gasteiger partial charge is 0.187 e. The number of hydrogen-bond donors (Lipinski definition) is 2. The van der Waals surface area contributed by atoms with Crippen molar-refractivity contribution >= 4 is 23.5 Å². The van der Waals surface area contributed by atoms with E-state index in [0.717, 1.165) is 30.7 Å². The lowest BCUT2D eigenvalue weighted by molar-refractivity contribution is 0.114. The van der Waals surface area contributed by atoms with Gasteiger partial charge >= 0.3 is 0 Å². The van der Waals surface area contributed by atoms with Gasteiger partial charge in [0.2, 0.25) is 0 Å². The van der Waals surface area contributed by atoms with Crippen molar-refractivity contribution in [2.24, 2.45) is 5.10 Å². The lowest BCUT2D eigenvalue weighted by Gasteiger charge is -2.11. The van der Waals surface area contributed by atoms with Gasteiger partial charge in [-0.1, -0.05) is 18.2 Å². The minimum absolute atomic E-state index is 0.221. The average Bonchev–Trinajstić information content (AvgIpc) is 3.48. The van der Waals surface area contributed by atoms with E-state index in [9.17, 15) is 0 Å². The van der Waals surface area contributed by atoms with Gasteiger partial charge in [-0.2, -0.15) is 10.2 Å². The van der Waals surface area contributed by atoms with Gasteiger partial charge in [-0.15, -0.1) is 0 Å². The molecule has 1 fully saturated rings. The molecular weight excluding hydrogens is 374 g/mol. The second-order valence-corrected chi connectivity index (χ2v) is 6.81. The summed E-state index contributed by atoms with van der Waals surface area (Å²) in [5.41, 5.74) is 5.32. The molecule has 144 valence electrons. The van der Waals surface area contributed by atoms with E-state index in [1.807, 2.05) is 48.7 Å². The van der Waals surface area contributed by atoms with Crippen molar-refractivity contribution in [2.45, 2.75) is 18.9 Å². The van der Waals surface area contributed by atoms with E-state index < -0.39 is 0 Å². The van der Waals surface area contributed by atoms with E-state index in [-0.39, 0.29) is 6.10 Å². The number of nitrogens with one attached hydrogen (secondary N) is 2. The highest BCUT2D eigenvalue weighted by atomic mass is 32.1. The molecule has 28 heavy (non-hydrogen) atoms. The zero-order valence-corrected chi connectivity index (χ0v) is 16.1. The van der Waals surface area contributed by atoms with Crippen LogP contribution in [0.15, 0.2) is 64.4 Å². The molecule has 0 bridgehead atoms. The Morgan fingerprint density at radius 1 is 1.29 bits per heavy atom. The number of para-hydroxylation sites is 1. The molecule has 2 aromatic heterocycles. The molecule has 0 unspecified atom stereocenters. The maximum atomic E-state index is 5.57. The lowest BCUT2D eigenvalue weighted by Crippen LogP contribution is -2.37. The molecule has 1 aliphatic rings. The molecule has 2 N–H and O–H groups in total. The van der Waals surface area contributed by atoms with Gasteiger partial charge in [0.15, 0.2) is 10.9 Å². The second kappa shape index (κ2) is 8.81. The van der Waals surface area contributed by atoms with Gasteiger partial charge in [0.1, 0.15) is 5.69 Å². The summed E-state index contributed by atoms with van der Waals surface area (Å²) in [7, 11) is 0. The minimum Gasteiger partial charge on any atom is -0.463 e. The van der Waals surface area contributed by atoms with Crippen LogP contribution in [-0.2, 0) is 4.74 Å². The van der Waals surface area contributed by atoms with Crippen LogP contribution in [-0.4, -0.2) is 40.4 Å². The standard InChI is InChI=1S/C20H21N5O2S/c28-20(21-13-17-8-4-10-26-17)23-22-12-15-14-25(16-6-2-1-3-7-16)24-19(15)18-9-5-11-27-18/h1-3,5-7,9,11-12,14,17H,4,8,10,13H2,(H2,21,23,28)/b22-12-/t17-/m1/s1. The van der Waals surface area contributed by atoms with Gasteiger partial charge in [0.05, 0.1) is 24.3 Å². The Kier molecular flexibility index (Phi) is 5.79. The number of rotatable bonds is 6. The number of hydrogen-bond acceptors (Lipinski definition) is 5. The van der Waals surface area contributed by atoms with Crippen molar-refractivity contribution in [3.63, 3.8) is 0 Å². The first-order valence-electron chi connectivity index (χ1n) is 9.17. The van der Waals surface area contributed by atoms with Crippen LogP contribution in [0.3, 0.4) is 0 Å². The van der Waals surface area contributed by atoms with Gasteiger partial charge in [-0.3, -0.25) is 5.43 Å². The van der Waals surface area contributed by atoms with Crippen molar-refractivity contribution in [3.05, 3.63) is 60.5 Å². The van der Waals surface area contributed by atoms with Gasteiger partial charge in [-0.05, 0) is 49.3 Å². The fraction of sp³-hybridized carbons (Fsp3) is 0.250. The Labute approximate surface area is 168 Å². The molecule has 0 spiro atoms. The highest BCUT2D eigenvalue weighted by Gasteiger charge is 2.15. The molecule has 3 aromatic rings. The molecule has 3 heterocycles. The van der Waals surface area contributed by atoms with E-state index >= 15 is 0 Å². The molecule has 4 rings (SSSR count). The fourth-order valence-electron chi connectivity index (χ4n) is 3.01.